The molecule has 1 atom stereocenters. The van der Waals surface area contributed by atoms with Gasteiger partial charge in [-0.3, -0.25) is 9.69 Å². The van der Waals surface area contributed by atoms with E-state index in [-0.39, 0.29) is 16.7 Å². The minimum absolute atomic E-state index is 0.0546. The number of carbonyl (C=O) groups excluding carboxylic acids is 1. The summed E-state index contributed by atoms with van der Waals surface area (Å²) >= 11 is 13.8. The van der Waals surface area contributed by atoms with E-state index in [1.165, 1.54) is 5.56 Å². The van der Waals surface area contributed by atoms with E-state index in [4.69, 9.17) is 23.2 Å². The molecule has 1 heterocycles. The average Bonchev–Trinajstić information content (AvgIpc) is 2.87. The van der Waals surface area contributed by atoms with Gasteiger partial charge in [0.2, 0.25) is 5.91 Å². The van der Waals surface area contributed by atoms with Gasteiger partial charge in [0.1, 0.15) is 5.37 Å². The van der Waals surface area contributed by atoms with Crippen LogP contribution in [0.3, 0.4) is 0 Å². The standard InChI is InChI=1S/C19H19Cl2NOS/c1-19(2,3)13-6-4-12(5-7-13)18-22(17(23)11-24-18)16-9-14(20)8-15(21)10-16/h4-10,18H,11H2,1-3H3/t18-/m1/s1. The van der Waals surface area contributed by atoms with Crippen molar-refractivity contribution in [3.05, 3.63) is 63.6 Å². The molecule has 0 saturated carbocycles. The zero-order chi connectivity index (χ0) is 17.5. The second-order valence-corrected chi connectivity index (χ2v) is 8.87. The minimum atomic E-state index is -0.0546. The molecular weight excluding hydrogens is 361 g/mol. The van der Waals surface area contributed by atoms with Crippen LogP contribution in [0.2, 0.25) is 10.0 Å². The van der Waals surface area contributed by atoms with Crippen molar-refractivity contribution in [2.75, 3.05) is 10.7 Å². The van der Waals surface area contributed by atoms with Crippen LogP contribution in [-0.2, 0) is 10.2 Å². The second-order valence-electron chi connectivity index (χ2n) is 6.93. The molecular formula is C19H19Cl2NOS. The number of hydrogen-bond donors (Lipinski definition) is 0. The maximum Gasteiger partial charge on any atom is 0.238 e. The molecule has 0 aromatic heterocycles. The predicted octanol–water partition coefficient (Wildman–Crippen LogP) is 6.07. The van der Waals surface area contributed by atoms with Crippen molar-refractivity contribution in [3.8, 4) is 0 Å². The summed E-state index contributed by atoms with van der Waals surface area (Å²) in [7, 11) is 0. The summed E-state index contributed by atoms with van der Waals surface area (Å²) in [6.45, 7) is 6.57. The van der Waals surface area contributed by atoms with Crippen molar-refractivity contribution in [2.45, 2.75) is 31.6 Å². The normalized spacial score (nSPS) is 18.3. The Hall–Kier alpha value is -1.16. The molecule has 24 heavy (non-hydrogen) atoms. The van der Waals surface area contributed by atoms with Gasteiger partial charge in [0, 0.05) is 15.7 Å². The lowest BCUT2D eigenvalue weighted by Crippen LogP contribution is -2.27. The molecule has 126 valence electrons. The number of anilines is 1. The quantitative estimate of drug-likeness (QED) is 0.630. The first-order valence-electron chi connectivity index (χ1n) is 7.76. The monoisotopic (exact) mass is 379 g/mol. The topological polar surface area (TPSA) is 20.3 Å². The second kappa shape index (κ2) is 6.62. The predicted molar refractivity (Wildman–Crippen MR) is 104 cm³/mol. The van der Waals surface area contributed by atoms with Gasteiger partial charge in [-0.15, -0.1) is 11.8 Å². The van der Waals surface area contributed by atoms with Crippen molar-refractivity contribution >= 4 is 46.6 Å². The highest BCUT2D eigenvalue weighted by Crippen LogP contribution is 2.43. The lowest BCUT2D eigenvalue weighted by atomic mass is 9.86. The van der Waals surface area contributed by atoms with Gasteiger partial charge in [-0.25, -0.2) is 0 Å². The highest BCUT2D eigenvalue weighted by atomic mass is 35.5. The summed E-state index contributed by atoms with van der Waals surface area (Å²) in [6, 6.07) is 13.7. The first-order chi connectivity index (χ1) is 11.3. The molecule has 0 N–H and O–H groups in total. The molecule has 1 fully saturated rings. The van der Waals surface area contributed by atoms with Crippen LogP contribution in [0.4, 0.5) is 5.69 Å². The number of amides is 1. The van der Waals surface area contributed by atoms with Crippen LogP contribution in [0.5, 0.6) is 0 Å². The Bertz CT molecular complexity index is 748. The summed E-state index contributed by atoms with van der Waals surface area (Å²) in [5.41, 5.74) is 3.23. The molecule has 0 unspecified atom stereocenters. The van der Waals surface area contributed by atoms with E-state index in [0.717, 1.165) is 11.3 Å². The summed E-state index contributed by atoms with van der Waals surface area (Å²) < 4.78 is 0. The molecule has 3 rings (SSSR count). The van der Waals surface area contributed by atoms with E-state index in [1.807, 2.05) is 0 Å². The smallest absolute Gasteiger partial charge is 0.238 e. The molecule has 5 heteroatoms. The van der Waals surface area contributed by atoms with Gasteiger partial charge in [0.05, 0.1) is 5.75 Å². The summed E-state index contributed by atoms with van der Waals surface area (Å²) in [6.07, 6.45) is 0. The summed E-state index contributed by atoms with van der Waals surface area (Å²) in [5, 5.41) is 1.01. The summed E-state index contributed by atoms with van der Waals surface area (Å²) in [5.74, 6) is 0.527. The van der Waals surface area contributed by atoms with Crippen LogP contribution >= 0.6 is 35.0 Å². The maximum atomic E-state index is 12.4. The first-order valence-corrected chi connectivity index (χ1v) is 9.56. The van der Waals surface area contributed by atoms with Crippen molar-refractivity contribution in [1.82, 2.24) is 0 Å². The minimum Gasteiger partial charge on any atom is -0.295 e. The first kappa shape index (κ1) is 17.7. The van der Waals surface area contributed by atoms with E-state index in [9.17, 15) is 4.79 Å². The van der Waals surface area contributed by atoms with Crippen LogP contribution in [0.1, 0.15) is 37.3 Å². The Kier molecular flexibility index (Phi) is 4.87. The number of rotatable bonds is 2. The SMILES string of the molecule is CC(C)(C)c1ccc([C@H]2SCC(=O)N2c2cc(Cl)cc(Cl)c2)cc1. The van der Waals surface area contributed by atoms with E-state index in [1.54, 1.807) is 34.9 Å². The van der Waals surface area contributed by atoms with Crippen molar-refractivity contribution in [2.24, 2.45) is 0 Å². The van der Waals surface area contributed by atoms with Crippen LogP contribution < -0.4 is 4.90 Å². The lowest BCUT2D eigenvalue weighted by molar-refractivity contribution is -0.115. The molecule has 0 bridgehead atoms. The fourth-order valence-electron chi connectivity index (χ4n) is 2.78. The highest BCUT2D eigenvalue weighted by molar-refractivity contribution is 8.00. The maximum absolute atomic E-state index is 12.4. The Balaban J connectivity index is 1.96. The third-order valence-electron chi connectivity index (χ3n) is 4.06. The van der Waals surface area contributed by atoms with Crippen molar-refractivity contribution in [1.29, 1.82) is 0 Å². The van der Waals surface area contributed by atoms with Crippen LogP contribution in [0.15, 0.2) is 42.5 Å². The van der Waals surface area contributed by atoms with Gasteiger partial charge in [-0.1, -0.05) is 68.2 Å². The Morgan fingerprint density at radius 1 is 1.04 bits per heavy atom. The molecule has 0 spiro atoms. The van der Waals surface area contributed by atoms with Crippen LogP contribution in [0, 0.1) is 0 Å². The number of hydrogen-bond acceptors (Lipinski definition) is 2. The zero-order valence-corrected chi connectivity index (χ0v) is 16.2. The van der Waals surface area contributed by atoms with Crippen LogP contribution in [-0.4, -0.2) is 11.7 Å². The van der Waals surface area contributed by atoms with Crippen molar-refractivity contribution < 1.29 is 4.79 Å². The molecule has 0 aliphatic carbocycles. The van der Waals surface area contributed by atoms with Crippen LogP contribution in [0.25, 0.3) is 0 Å². The fraction of sp³-hybridized carbons (Fsp3) is 0.316. The number of thioether (sulfide) groups is 1. The Morgan fingerprint density at radius 3 is 2.17 bits per heavy atom. The van der Waals surface area contributed by atoms with E-state index >= 15 is 0 Å². The Morgan fingerprint density at radius 2 is 1.62 bits per heavy atom. The van der Waals surface area contributed by atoms with Crippen molar-refractivity contribution in [3.63, 3.8) is 0 Å². The van der Waals surface area contributed by atoms with Gasteiger partial charge in [0.25, 0.3) is 0 Å². The average molecular weight is 380 g/mol. The van der Waals surface area contributed by atoms with E-state index in [0.29, 0.717) is 15.8 Å². The molecule has 1 aliphatic rings. The van der Waals surface area contributed by atoms with Gasteiger partial charge in [-0.2, -0.15) is 0 Å². The zero-order valence-electron chi connectivity index (χ0n) is 13.8. The molecule has 1 aliphatic heterocycles. The van der Waals surface area contributed by atoms with E-state index in [2.05, 4.69) is 45.0 Å². The molecule has 1 saturated heterocycles. The lowest BCUT2D eigenvalue weighted by Gasteiger charge is -2.26. The highest BCUT2D eigenvalue weighted by Gasteiger charge is 2.34. The number of halogens is 2. The molecule has 2 aromatic carbocycles. The largest absolute Gasteiger partial charge is 0.295 e. The van der Waals surface area contributed by atoms with Gasteiger partial charge >= 0.3 is 0 Å². The molecule has 1 amide bonds. The third kappa shape index (κ3) is 3.58. The molecule has 0 radical (unpaired) electrons. The third-order valence-corrected chi connectivity index (χ3v) is 5.70. The van der Waals surface area contributed by atoms with Gasteiger partial charge in [0.15, 0.2) is 0 Å². The summed E-state index contributed by atoms with van der Waals surface area (Å²) in [4.78, 5) is 14.2. The molecule has 2 aromatic rings. The van der Waals surface area contributed by atoms with Gasteiger partial charge < -0.3 is 0 Å². The fourth-order valence-corrected chi connectivity index (χ4v) is 4.47. The van der Waals surface area contributed by atoms with E-state index < -0.39 is 0 Å². The molecule has 2 nitrogen and oxygen atoms in total. The number of carbonyl (C=O) groups is 1. The number of nitrogens with zero attached hydrogens (tertiary/aromatic N) is 1. The van der Waals surface area contributed by atoms with Gasteiger partial charge in [-0.05, 0) is 34.7 Å². The number of benzene rings is 2. The Labute approximate surface area is 157 Å².